The average molecular weight is 228 g/mol. The second-order valence-electron chi connectivity index (χ2n) is 4.76. The van der Waals surface area contributed by atoms with Gasteiger partial charge in [-0.3, -0.25) is 9.69 Å². The van der Waals surface area contributed by atoms with Crippen molar-refractivity contribution >= 4 is 5.97 Å². The van der Waals surface area contributed by atoms with E-state index in [9.17, 15) is 9.90 Å². The summed E-state index contributed by atoms with van der Waals surface area (Å²) in [5.74, 6) is -0.700. The molecular weight excluding hydrogens is 204 g/mol. The number of aliphatic carboxylic acids is 1. The van der Waals surface area contributed by atoms with Crippen molar-refractivity contribution < 1.29 is 9.90 Å². The molecule has 3 atom stereocenters. The average Bonchev–Trinajstić information content (AvgIpc) is 2.26. The predicted molar refractivity (Wildman–Crippen MR) is 64.3 cm³/mol. The zero-order valence-electron chi connectivity index (χ0n) is 10.4. The van der Waals surface area contributed by atoms with Gasteiger partial charge in [0, 0.05) is 18.6 Å². The Kier molecular flexibility index (Phi) is 5.22. The molecule has 0 spiro atoms. The second kappa shape index (κ2) is 6.21. The maximum absolute atomic E-state index is 11.3. The zero-order chi connectivity index (χ0) is 12.1. The van der Waals surface area contributed by atoms with Crippen LogP contribution in [0.25, 0.3) is 0 Å². The summed E-state index contributed by atoms with van der Waals surface area (Å²) in [6.45, 7) is 4.72. The van der Waals surface area contributed by atoms with E-state index in [0.717, 1.165) is 32.1 Å². The van der Waals surface area contributed by atoms with E-state index in [0.29, 0.717) is 12.6 Å². The Morgan fingerprint density at radius 2 is 2.25 bits per heavy atom. The van der Waals surface area contributed by atoms with Crippen LogP contribution in [-0.4, -0.2) is 40.6 Å². The lowest BCUT2D eigenvalue weighted by Crippen LogP contribution is -2.56. The van der Waals surface area contributed by atoms with E-state index in [1.54, 1.807) is 0 Å². The third kappa shape index (κ3) is 2.95. The van der Waals surface area contributed by atoms with Gasteiger partial charge < -0.3 is 10.8 Å². The first-order chi connectivity index (χ1) is 7.61. The van der Waals surface area contributed by atoms with E-state index in [1.807, 2.05) is 6.92 Å². The first-order valence-electron chi connectivity index (χ1n) is 6.32. The summed E-state index contributed by atoms with van der Waals surface area (Å²) >= 11 is 0. The summed E-state index contributed by atoms with van der Waals surface area (Å²) in [6, 6.07) is 0.236. The fourth-order valence-corrected chi connectivity index (χ4v) is 2.78. The summed E-state index contributed by atoms with van der Waals surface area (Å²) in [4.78, 5) is 13.4. The lowest BCUT2D eigenvalue weighted by Gasteiger charge is -2.43. The molecule has 4 heteroatoms. The van der Waals surface area contributed by atoms with Crippen LogP contribution in [0.15, 0.2) is 0 Å². The number of carboxylic acids is 1. The molecule has 1 aliphatic heterocycles. The van der Waals surface area contributed by atoms with Crippen LogP contribution in [-0.2, 0) is 4.79 Å². The molecule has 4 nitrogen and oxygen atoms in total. The largest absolute Gasteiger partial charge is 0.480 e. The van der Waals surface area contributed by atoms with Gasteiger partial charge in [-0.1, -0.05) is 19.8 Å². The molecule has 1 rings (SSSR count). The lowest BCUT2D eigenvalue weighted by atomic mass is 9.93. The van der Waals surface area contributed by atoms with Crippen molar-refractivity contribution in [2.75, 3.05) is 6.54 Å². The van der Waals surface area contributed by atoms with Crippen molar-refractivity contribution in [2.45, 2.75) is 64.1 Å². The molecule has 0 aromatic rings. The van der Waals surface area contributed by atoms with E-state index in [2.05, 4.69) is 11.8 Å². The van der Waals surface area contributed by atoms with E-state index in [1.165, 1.54) is 0 Å². The fourth-order valence-electron chi connectivity index (χ4n) is 2.78. The highest BCUT2D eigenvalue weighted by Gasteiger charge is 2.35. The van der Waals surface area contributed by atoms with Gasteiger partial charge in [-0.15, -0.1) is 0 Å². The number of likely N-dealkylation sites (tertiary alicyclic amines) is 1. The third-order valence-corrected chi connectivity index (χ3v) is 3.57. The minimum absolute atomic E-state index is 0.247. The summed E-state index contributed by atoms with van der Waals surface area (Å²) in [6.07, 6.45) is 4.91. The van der Waals surface area contributed by atoms with Crippen LogP contribution in [0.5, 0.6) is 0 Å². The molecule has 3 unspecified atom stereocenters. The zero-order valence-corrected chi connectivity index (χ0v) is 10.4. The Morgan fingerprint density at radius 1 is 1.56 bits per heavy atom. The van der Waals surface area contributed by atoms with Crippen molar-refractivity contribution in [1.82, 2.24) is 4.90 Å². The van der Waals surface area contributed by atoms with Gasteiger partial charge in [0.25, 0.3) is 0 Å². The quantitative estimate of drug-likeness (QED) is 0.747. The standard InChI is InChI=1S/C12H24N2O2/c1-3-5-11(12(15)16)14-9(2)6-4-7-10(14)8-13/h9-11H,3-8,13H2,1-2H3,(H,15,16). The first kappa shape index (κ1) is 13.5. The number of nitrogens with zero attached hydrogens (tertiary/aromatic N) is 1. The first-order valence-corrected chi connectivity index (χ1v) is 6.32. The molecule has 0 amide bonds. The Morgan fingerprint density at radius 3 is 2.75 bits per heavy atom. The highest BCUT2D eigenvalue weighted by molar-refractivity contribution is 5.73. The highest BCUT2D eigenvalue weighted by Crippen LogP contribution is 2.26. The normalized spacial score (nSPS) is 28.9. The molecule has 1 fully saturated rings. The Hall–Kier alpha value is -0.610. The molecule has 16 heavy (non-hydrogen) atoms. The van der Waals surface area contributed by atoms with E-state index in [4.69, 9.17) is 5.73 Å². The number of hydrogen-bond donors (Lipinski definition) is 2. The monoisotopic (exact) mass is 228 g/mol. The molecular formula is C12H24N2O2. The van der Waals surface area contributed by atoms with Crippen LogP contribution in [0.2, 0.25) is 0 Å². The van der Waals surface area contributed by atoms with Crippen LogP contribution in [0.4, 0.5) is 0 Å². The maximum Gasteiger partial charge on any atom is 0.320 e. The molecule has 0 aliphatic carbocycles. The number of carboxylic acid groups (broad SMARTS) is 1. The number of rotatable bonds is 5. The molecule has 0 bridgehead atoms. The molecule has 1 heterocycles. The summed E-state index contributed by atoms with van der Waals surface area (Å²) in [5.41, 5.74) is 5.76. The van der Waals surface area contributed by atoms with Gasteiger partial charge in [0.2, 0.25) is 0 Å². The number of carbonyl (C=O) groups is 1. The van der Waals surface area contributed by atoms with Gasteiger partial charge in [-0.2, -0.15) is 0 Å². The number of piperidine rings is 1. The molecule has 0 radical (unpaired) electrons. The van der Waals surface area contributed by atoms with E-state index >= 15 is 0 Å². The van der Waals surface area contributed by atoms with Gasteiger partial charge in [-0.05, 0) is 26.2 Å². The molecule has 0 aromatic carbocycles. The van der Waals surface area contributed by atoms with E-state index in [-0.39, 0.29) is 12.1 Å². The predicted octanol–water partition coefficient (Wildman–Crippen LogP) is 1.44. The molecule has 3 N–H and O–H groups in total. The smallest absolute Gasteiger partial charge is 0.320 e. The SMILES string of the molecule is CCCC(C(=O)O)N1C(C)CCCC1CN. The van der Waals surface area contributed by atoms with Crippen LogP contribution >= 0.6 is 0 Å². The van der Waals surface area contributed by atoms with Gasteiger partial charge in [-0.25, -0.2) is 0 Å². The molecule has 1 aliphatic rings. The summed E-state index contributed by atoms with van der Waals surface area (Å²) in [7, 11) is 0. The van der Waals surface area contributed by atoms with Crippen LogP contribution in [0, 0.1) is 0 Å². The molecule has 0 saturated carbocycles. The second-order valence-corrected chi connectivity index (χ2v) is 4.76. The summed E-state index contributed by atoms with van der Waals surface area (Å²) < 4.78 is 0. The van der Waals surface area contributed by atoms with Crippen molar-refractivity contribution in [1.29, 1.82) is 0 Å². The minimum atomic E-state index is -0.700. The van der Waals surface area contributed by atoms with Gasteiger partial charge in [0.15, 0.2) is 0 Å². The van der Waals surface area contributed by atoms with Crippen LogP contribution in [0.3, 0.4) is 0 Å². The number of nitrogens with two attached hydrogens (primary N) is 1. The van der Waals surface area contributed by atoms with Gasteiger partial charge >= 0.3 is 5.97 Å². The molecule has 0 aromatic heterocycles. The molecule has 94 valence electrons. The van der Waals surface area contributed by atoms with Crippen molar-refractivity contribution in [2.24, 2.45) is 5.73 Å². The van der Waals surface area contributed by atoms with Gasteiger partial charge in [0.05, 0.1) is 0 Å². The minimum Gasteiger partial charge on any atom is -0.480 e. The van der Waals surface area contributed by atoms with Crippen molar-refractivity contribution in [3.63, 3.8) is 0 Å². The Bertz CT molecular complexity index is 233. The highest BCUT2D eigenvalue weighted by atomic mass is 16.4. The lowest BCUT2D eigenvalue weighted by molar-refractivity contribution is -0.146. The Balaban J connectivity index is 2.80. The molecule has 1 saturated heterocycles. The topological polar surface area (TPSA) is 66.6 Å². The summed E-state index contributed by atoms with van der Waals surface area (Å²) in [5, 5.41) is 9.31. The van der Waals surface area contributed by atoms with E-state index < -0.39 is 5.97 Å². The van der Waals surface area contributed by atoms with Gasteiger partial charge in [0.1, 0.15) is 6.04 Å². The van der Waals surface area contributed by atoms with Crippen molar-refractivity contribution in [3.8, 4) is 0 Å². The maximum atomic E-state index is 11.3. The fraction of sp³-hybridized carbons (Fsp3) is 0.917. The van der Waals surface area contributed by atoms with Crippen LogP contribution in [0.1, 0.15) is 46.0 Å². The van der Waals surface area contributed by atoms with Crippen molar-refractivity contribution in [3.05, 3.63) is 0 Å². The Labute approximate surface area is 97.8 Å². The van der Waals surface area contributed by atoms with Crippen LogP contribution < -0.4 is 5.73 Å². The third-order valence-electron chi connectivity index (χ3n) is 3.57. The number of hydrogen-bond acceptors (Lipinski definition) is 3.